The Hall–Kier alpha value is -3.93. The highest BCUT2D eigenvalue weighted by Gasteiger charge is 2.10. The van der Waals surface area contributed by atoms with Gasteiger partial charge in [-0.1, -0.05) is 48.5 Å². The van der Waals surface area contributed by atoms with Crippen molar-refractivity contribution in [2.75, 3.05) is 6.54 Å². The summed E-state index contributed by atoms with van der Waals surface area (Å²) < 4.78 is 10.4. The lowest BCUT2D eigenvalue weighted by Crippen LogP contribution is -2.30. The molecule has 0 aromatic heterocycles. The first kappa shape index (κ1) is 19.8. The molecule has 0 atom stereocenters. The standard InChI is InChI=1S/C23H19NO5/c25-21(15-24-22(26)18-7-3-1-4-8-18)28-16-17-11-13-19(14-12-17)23(27)29-20-9-5-2-6-10-20/h1-14H,15-16H2,(H,24,26). The Balaban J connectivity index is 1.44. The van der Waals surface area contributed by atoms with E-state index in [1.165, 1.54) is 0 Å². The van der Waals surface area contributed by atoms with Gasteiger partial charge in [0.2, 0.25) is 0 Å². The van der Waals surface area contributed by atoms with Crippen molar-refractivity contribution in [2.24, 2.45) is 0 Å². The molecule has 0 spiro atoms. The smallest absolute Gasteiger partial charge is 0.343 e. The molecule has 3 rings (SSSR count). The van der Waals surface area contributed by atoms with Gasteiger partial charge >= 0.3 is 11.9 Å². The van der Waals surface area contributed by atoms with E-state index < -0.39 is 11.9 Å². The fraction of sp³-hybridized carbons (Fsp3) is 0.0870. The monoisotopic (exact) mass is 389 g/mol. The van der Waals surface area contributed by atoms with Crippen LogP contribution in [0, 0.1) is 0 Å². The van der Waals surface area contributed by atoms with Gasteiger partial charge in [0.05, 0.1) is 5.56 Å². The second-order valence-corrected chi connectivity index (χ2v) is 6.11. The minimum atomic E-state index is -0.554. The van der Waals surface area contributed by atoms with E-state index in [1.54, 1.807) is 78.9 Å². The van der Waals surface area contributed by atoms with Crippen LogP contribution in [0.2, 0.25) is 0 Å². The number of para-hydroxylation sites is 1. The van der Waals surface area contributed by atoms with Crippen LogP contribution in [0.4, 0.5) is 0 Å². The predicted octanol–water partition coefficient (Wildman–Crippen LogP) is 3.38. The summed E-state index contributed by atoms with van der Waals surface area (Å²) in [7, 11) is 0. The molecule has 0 aliphatic carbocycles. The van der Waals surface area contributed by atoms with E-state index in [4.69, 9.17) is 9.47 Å². The molecule has 29 heavy (non-hydrogen) atoms. The lowest BCUT2D eigenvalue weighted by molar-refractivity contribution is -0.143. The summed E-state index contributed by atoms with van der Waals surface area (Å²) >= 11 is 0. The minimum Gasteiger partial charge on any atom is -0.460 e. The normalized spacial score (nSPS) is 10.1. The van der Waals surface area contributed by atoms with E-state index in [2.05, 4.69) is 5.32 Å². The third-order valence-corrected chi connectivity index (χ3v) is 3.97. The lowest BCUT2D eigenvalue weighted by Gasteiger charge is -2.08. The van der Waals surface area contributed by atoms with Crippen molar-refractivity contribution in [3.63, 3.8) is 0 Å². The number of amides is 1. The third-order valence-electron chi connectivity index (χ3n) is 3.97. The summed E-state index contributed by atoms with van der Waals surface area (Å²) in [6, 6.07) is 24.0. The van der Waals surface area contributed by atoms with Crippen molar-refractivity contribution in [1.29, 1.82) is 0 Å². The molecule has 0 bridgehead atoms. The van der Waals surface area contributed by atoms with Gasteiger partial charge in [-0.2, -0.15) is 0 Å². The van der Waals surface area contributed by atoms with Crippen LogP contribution in [-0.4, -0.2) is 24.4 Å². The molecule has 6 nitrogen and oxygen atoms in total. The van der Waals surface area contributed by atoms with E-state index in [0.29, 0.717) is 22.4 Å². The van der Waals surface area contributed by atoms with Crippen molar-refractivity contribution >= 4 is 17.8 Å². The lowest BCUT2D eigenvalue weighted by atomic mass is 10.1. The predicted molar refractivity (Wildman–Crippen MR) is 106 cm³/mol. The maximum absolute atomic E-state index is 12.1. The molecule has 146 valence electrons. The highest BCUT2D eigenvalue weighted by molar-refractivity contribution is 5.95. The van der Waals surface area contributed by atoms with Crippen LogP contribution in [0.1, 0.15) is 26.3 Å². The van der Waals surface area contributed by atoms with Gasteiger partial charge in [-0.25, -0.2) is 4.79 Å². The van der Waals surface area contributed by atoms with Gasteiger partial charge in [-0.05, 0) is 42.0 Å². The van der Waals surface area contributed by atoms with Gasteiger partial charge in [0.1, 0.15) is 18.9 Å². The van der Waals surface area contributed by atoms with Gasteiger partial charge < -0.3 is 14.8 Å². The van der Waals surface area contributed by atoms with E-state index in [0.717, 1.165) is 0 Å². The summed E-state index contributed by atoms with van der Waals surface area (Å²) in [5.41, 5.74) is 1.57. The van der Waals surface area contributed by atoms with Crippen molar-refractivity contribution in [3.8, 4) is 5.75 Å². The molecule has 0 aliphatic heterocycles. The number of carbonyl (C=O) groups excluding carboxylic acids is 3. The molecule has 3 aromatic rings. The molecule has 1 amide bonds. The van der Waals surface area contributed by atoms with Crippen LogP contribution in [0.5, 0.6) is 5.75 Å². The molecule has 0 saturated carbocycles. The molecular weight excluding hydrogens is 370 g/mol. The van der Waals surface area contributed by atoms with Gasteiger partial charge in [-0.3, -0.25) is 9.59 Å². The molecule has 0 unspecified atom stereocenters. The first-order chi connectivity index (χ1) is 14.1. The minimum absolute atomic E-state index is 0.0358. The summed E-state index contributed by atoms with van der Waals surface area (Å²) in [6.45, 7) is -0.191. The summed E-state index contributed by atoms with van der Waals surface area (Å²) in [5.74, 6) is -0.901. The number of rotatable bonds is 7. The zero-order chi connectivity index (χ0) is 20.5. The van der Waals surface area contributed by atoms with Gasteiger partial charge in [-0.15, -0.1) is 0 Å². The van der Waals surface area contributed by atoms with Gasteiger partial charge in [0, 0.05) is 5.56 Å². The Labute approximate surface area is 168 Å². The van der Waals surface area contributed by atoms with E-state index in [1.807, 2.05) is 6.07 Å². The molecule has 1 N–H and O–H groups in total. The first-order valence-corrected chi connectivity index (χ1v) is 8.97. The zero-order valence-electron chi connectivity index (χ0n) is 15.5. The number of carbonyl (C=O) groups is 3. The summed E-state index contributed by atoms with van der Waals surface area (Å²) in [5, 5.41) is 2.51. The van der Waals surface area contributed by atoms with Crippen LogP contribution in [0.25, 0.3) is 0 Å². The topological polar surface area (TPSA) is 81.7 Å². The maximum atomic E-state index is 12.1. The SMILES string of the molecule is O=C(CNC(=O)c1ccccc1)OCc1ccc(C(=O)Oc2ccccc2)cc1. The van der Waals surface area contributed by atoms with Gasteiger partial charge in [0.25, 0.3) is 5.91 Å². The first-order valence-electron chi connectivity index (χ1n) is 8.97. The van der Waals surface area contributed by atoms with Crippen LogP contribution in [-0.2, 0) is 16.1 Å². The number of benzene rings is 3. The van der Waals surface area contributed by atoms with Crippen molar-refractivity contribution < 1.29 is 23.9 Å². The van der Waals surface area contributed by atoms with Crippen LogP contribution in [0.3, 0.4) is 0 Å². The number of hydrogen-bond acceptors (Lipinski definition) is 5. The third kappa shape index (κ3) is 6.04. The Bertz CT molecular complexity index is 969. The molecule has 0 saturated heterocycles. The quantitative estimate of drug-likeness (QED) is 0.495. The zero-order valence-corrected chi connectivity index (χ0v) is 15.5. The highest BCUT2D eigenvalue weighted by Crippen LogP contribution is 2.13. The molecule has 6 heteroatoms. The summed E-state index contributed by atoms with van der Waals surface area (Å²) in [6.07, 6.45) is 0. The summed E-state index contributed by atoms with van der Waals surface area (Å²) in [4.78, 5) is 35.8. The second-order valence-electron chi connectivity index (χ2n) is 6.11. The van der Waals surface area contributed by atoms with Crippen molar-refractivity contribution in [2.45, 2.75) is 6.61 Å². The Morgan fingerprint density at radius 2 is 1.34 bits per heavy atom. The Kier molecular flexibility index (Phi) is 6.73. The number of esters is 2. The Morgan fingerprint density at radius 3 is 2.00 bits per heavy atom. The average molecular weight is 389 g/mol. The molecule has 0 heterocycles. The number of nitrogens with one attached hydrogen (secondary N) is 1. The molecule has 0 radical (unpaired) electrons. The van der Waals surface area contributed by atoms with Crippen LogP contribution < -0.4 is 10.1 Å². The molecular formula is C23H19NO5. The van der Waals surface area contributed by atoms with E-state index >= 15 is 0 Å². The largest absolute Gasteiger partial charge is 0.460 e. The number of ether oxygens (including phenoxy) is 2. The fourth-order valence-electron chi connectivity index (χ4n) is 2.45. The van der Waals surface area contributed by atoms with Crippen molar-refractivity contribution in [1.82, 2.24) is 5.32 Å². The number of hydrogen-bond donors (Lipinski definition) is 1. The maximum Gasteiger partial charge on any atom is 0.343 e. The molecule has 3 aromatic carbocycles. The van der Waals surface area contributed by atoms with Crippen LogP contribution >= 0.6 is 0 Å². The van der Waals surface area contributed by atoms with E-state index in [9.17, 15) is 14.4 Å². The average Bonchev–Trinajstić information content (AvgIpc) is 2.77. The van der Waals surface area contributed by atoms with Crippen LogP contribution in [0.15, 0.2) is 84.9 Å². The van der Waals surface area contributed by atoms with E-state index in [-0.39, 0.29) is 19.1 Å². The fourth-order valence-corrected chi connectivity index (χ4v) is 2.45. The molecule has 0 aliphatic rings. The second kappa shape index (κ2) is 9.85. The molecule has 0 fully saturated rings. The highest BCUT2D eigenvalue weighted by atomic mass is 16.5. The van der Waals surface area contributed by atoms with Gasteiger partial charge in [0.15, 0.2) is 0 Å². The Morgan fingerprint density at radius 1 is 0.724 bits per heavy atom. The van der Waals surface area contributed by atoms with Crippen molar-refractivity contribution in [3.05, 3.63) is 102 Å².